The molecule has 0 radical (unpaired) electrons. The van der Waals surface area contributed by atoms with E-state index in [-0.39, 0.29) is 0 Å². The number of benzene rings is 16. The number of hydrogen-bond acceptors (Lipinski definition) is 4. The molecule has 22 aromatic rings. The number of para-hydroxylation sites is 1. The van der Waals surface area contributed by atoms with Crippen molar-refractivity contribution in [3.8, 4) is 124 Å². The Morgan fingerprint density at radius 1 is 0.219 bits per heavy atom. The van der Waals surface area contributed by atoms with Crippen molar-refractivity contribution in [2.24, 2.45) is 0 Å². The standard InChI is InChI=1S/C120H90N8/c1-70-16-29-93(75(6)50-70)87-27-40-109-105(62-87)99-14-12-13-15-107(99)125(109)115-58-83(68-121)59-116(119(115)85-42-46-123-47-43-85)126-108-39-22-82(57-104(108)106-63-88(28-41-110(106)126)94-30-17-71(2)51-76(94)7)56-81-21-34-98(80(11)55-81)92-26-38-103-102-37-25-91(97-33-20-74(5)54-79(97)10)66-113(102)128(114(103)67-92)118-61-84(69-122)60-117(120(118)86-44-48-124-49-45-86)127-111-64-89(95-31-18-72(3)52-77(95)8)23-35-100(111)101-36-24-90(65-112(101)127)96-32-19-73(4)53-78(96)9/h12-55,57-67H,56H2,1-11H3. The summed E-state index contributed by atoms with van der Waals surface area (Å²) in [6, 6.07) is 120. The van der Waals surface area contributed by atoms with E-state index in [4.69, 9.17) is 0 Å². The van der Waals surface area contributed by atoms with E-state index in [9.17, 15) is 10.5 Å². The highest BCUT2D eigenvalue weighted by Gasteiger charge is 2.29. The molecular formula is C120H90N8. The first-order valence-corrected chi connectivity index (χ1v) is 44.1. The number of nitrogens with zero attached hydrogens (tertiary/aromatic N) is 8. The van der Waals surface area contributed by atoms with Gasteiger partial charge in [-0.2, -0.15) is 10.5 Å². The highest BCUT2D eigenvalue weighted by atomic mass is 15.0. The fraction of sp³-hybridized carbons (Fsp3) is 0.100. The summed E-state index contributed by atoms with van der Waals surface area (Å²) in [6.07, 6.45) is 8.20. The second-order valence-electron chi connectivity index (χ2n) is 35.5. The van der Waals surface area contributed by atoms with E-state index in [0.29, 0.717) is 17.5 Å². The summed E-state index contributed by atoms with van der Waals surface area (Å²) in [7, 11) is 0. The molecule has 0 saturated carbocycles. The molecule has 6 aromatic heterocycles. The van der Waals surface area contributed by atoms with Crippen LogP contribution in [-0.4, -0.2) is 28.2 Å². The van der Waals surface area contributed by atoms with E-state index in [1.165, 1.54) is 89.0 Å². The Labute approximate surface area is 745 Å². The van der Waals surface area contributed by atoms with Gasteiger partial charge in [-0.3, -0.25) is 9.97 Å². The molecule has 0 aliphatic heterocycles. The molecule has 22 rings (SSSR count). The summed E-state index contributed by atoms with van der Waals surface area (Å²) in [5.41, 5.74) is 46.2. The van der Waals surface area contributed by atoms with E-state index in [0.717, 1.165) is 182 Å². The molecule has 16 aromatic carbocycles. The fourth-order valence-electron chi connectivity index (χ4n) is 21.0. The highest BCUT2D eigenvalue weighted by Crippen LogP contribution is 2.50. The maximum Gasteiger partial charge on any atom is 0.0993 e. The van der Waals surface area contributed by atoms with Crippen LogP contribution in [0.3, 0.4) is 0 Å². The van der Waals surface area contributed by atoms with Gasteiger partial charge in [-0.15, -0.1) is 0 Å². The predicted molar refractivity (Wildman–Crippen MR) is 534 cm³/mol. The molecule has 0 aliphatic rings. The van der Waals surface area contributed by atoms with Crippen LogP contribution in [0.1, 0.15) is 83.5 Å². The largest absolute Gasteiger partial charge is 0.308 e. The lowest BCUT2D eigenvalue weighted by atomic mass is 9.94. The summed E-state index contributed by atoms with van der Waals surface area (Å²) < 4.78 is 9.67. The average molecular weight is 1640 g/mol. The Morgan fingerprint density at radius 3 is 0.828 bits per heavy atom. The second kappa shape index (κ2) is 30.7. The first kappa shape index (κ1) is 78.0. The van der Waals surface area contributed by atoms with Crippen molar-refractivity contribution in [3.63, 3.8) is 0 Å². The summed E-state index contributed by atoms with van der Waals surface area (Å²) in [4.78, 5) is 9.26. The van der Waals surface area contributed by atoms with Gasteiger partial charge in [0.25, 0.3) is 0 Å². The molecule has 8 heteroatoms. The van der Waals surface area contributed by atoms with Crippen LogP contribution in [0.15, 0.2) is 334 Å². The van der Waals surface area contributed by atoms with Gasteiger partial charge >= 0.3 is 0 Å². The maximum absolute atomic E-state index is 11.8. The van der Waals surface area contributed by atoms with E-state index < -0.39 is 0 Å². The molecule has 610 valence electrons. The van der Waals surface area contributed by atoms with Gasteiger partial charge in [0.1, 0.15) is 0 Å². The summed E-state index contributed by atoms with van der Waals surface area (Å²) in [5, 5.41) is 32.1. The van der Waals surface area contributed by atoms with Gasteiger partial charge in [0.2, 0.25) is 0 Å². The molecule has 0 N–H and O–H groups in total. The zero-order valence-corrected chi connectivity index (χ0v) is 73.5. The highest BCUT2D eigenvalue weighted by molar-refractivity contribution is 6.17. The monoisotopic (exact) mass is 1640 g/mol. The molecule has 6 heterocycles. The van der Waals surface area contributed by atoms with Crippen LogP contribution in [0.25, 0.3) is 199 Å². The van der Waals surface area contributed by atoms with Gasteiger partial charge in [0, 0.05) is 79.0 Å². The molecular weight excluding hydrogens is 1550 g/mol. The van der Waals surface area contributed by atoms with Gasteiger partial charge in [-0.05, 0) is 320 Å². The Morgan fingerprint density at radius 2 is 0.484 bits per heavy atom. The van der Waals surface area contributed by atoms with E-state index in [1.807, 2.05) is 24.8 Å². The topological polar surface area (TPSA) is 93.1 Å². The Hall–Kier alpha value is -16.0. The van der Waals surface area contributed by atoms with Crippen LogP contribution < -0.4 is 0 Å². The van der Waals surface area contributed by atoms with Gasteiger partial charge in [-0.1, -0.05) is 222 Å². The lowest BCUT2D eigenvalue weighted by Gasteiger charge is -2.21. The Balaban J connectivity index is 0.714. The molecule has 0 amide bonds. The van der Waals surface area contributed by atoms with Gasteiger partial charge in [0.15, 0.2) is 0 Å². The van der Waals surface area contributed by atoms with Gasteiger partial charge in [0.05, 0.1) is 90.1 Å². The van der Waals surface area contributed by atoms with E-state index >= 15 is 0 Å². The van der Waals surface area contributed by atoms with Crippen molar-refractivity contribution in [1.82, 2.24) is 28.2 Å². The molecule has 0 aliphatic carbocycles. The Bertz CT molecular complexity index is 8450. The summed E-state index contributed by atoms with van der Waals surface area (Å²) in [6.45, 7) is 24.0. The molecule has 0 spiro atoms. The molecule has 128 heavy (non-hydrogen) atoms. The number of pyridine rings is 2. The Kier molecular flexibility index (Phi) is 18.7. The van der Waals surface area contributed by atoms with Crippen molar-refractivity contribution < 1.29 is 0 Å². The average Bonchev–Trinajstić information content (AvgIpc) is 1.55. The first-order valence-electron chi connectivity index (χ1n) is 44.1. The second-order valence-corrected chi connectivity index (χ2v) is 35.5. The molecule has 8 nitrogen and oxygen atoms in total. The van der Waals surface area contributed by atoms with Crippen molar-refractivity contribution >= 4 is 87.2 Å². The van der Waals surface area contributed by atoms with Gasteiger partial charge in [-0.25, -0.2) is 0 Å². The van der Waals surface area contributed by atoms with E-state index in [1.54, 1.807) is 0 Å². The normalized spacial score (nSPS) is 11.7. The van der Waals surface area contributed by atoms with Crippen molar-refractivity contribution in [2.45, 2.75) is 82.6 Å². The SMILES string of the molecule is Cc1ccc(-c2ccc3c(c2)c2ccccc2n3-c2cc(C#N)cc(-n3c4ccc(Cc5ccc(-c6ccc7c8ccc(-c9ccc(C)cc9C)cc8n(-c8cc(C#N)cc(-n9c%10cc(-c%11ccc(C)cc%11C)ccc%10c%10ccc(-c%11ccc(C)cc%11C)cc%109)c8-c8ccncc8)c7c6)c(C)c5)cc4c4cc(-c5ccc(C)cc5C)ccc43)c2-c2ccncc2)c(C)c1. The molecule has 0 saturated heterocycles. The van der Waals surface area contributed by atoms with Crippen LogP contribution in [0, 0.1) is 98.8 Å². The van der Waals surface area contributed by atoms with Crippen molar-refractivity contribution in [1.29, 1.82) is 10.5 Å². The van der Waals surface area contributed by atoms with Crippen LogP contribution in [0.4, 0.5) is 0 Å². The minimum atomic E-state index is 0.530. The lowest BCUT2D eigenvalue weighted by molar-refractivity contribution is 1.13. The van der Waals surface area contributed by atoms with Crippen molar-refractivity contribution in [3.05, 3.63) is 418 Å². The smallest absolute Gasteiger partial charge is 0.0993 e. The first-order chi connectivity index (χ1) is 62.3. The maximum atomic E-state index is 11.8. The molecule has 0 fully saturated rings. The number of rotatable bonds is 14. The zero-order valence-electron chi connectivity index (χ0n) is 73.5. The van der Waals surface area contributed by atoms with Crippen LogP contribution in [0.2, 0.25) is 0 Å². The van der Waals surface area contributed by atoms with E-state index in [2.05, 4.69) is 426 Å². The fourth-order valence-corrected chi connectivity index (χ4v) is 21.0. The summed E-state index contributed by atoms with van der Waals surface area (Å²) in [5.74, 6) is 0. The van der Waals surface area contributed by atoms with Crippen LogP contribution in [0.5, 0.6) is 0 Å². The number of aromatic nitrogens is 6. The molecule has 0 bridgehead atoms. The quantitative estimate of drug-likeness (QED) is 0.108. The zero-order chi connectivity index (χ0) is 87.2. The van der Waals surface area contributed by atoms with Crippen LogP contribution >= 0.6 is 0 Å². The van der Waals surface area contributed by atoms with Crippen LogP contribution in [-0.2, 0) is 6.42 Å². The van der Waals surface area contributed by atoms with Crippen molar-refractivity contribution in [2.75, 3.05) is 0 Å². The lowest BCUT2D eigenvalue weighted by Crippen LogP contribution is -2.05. The molecule has 0 unspecified atom stereocenters. The molecule has 0 atom stereocenters. The third-order valence-corrected chi connectivity index (χ3v) is 26.9. The van der Waals surface area contributed by atoms with Gasteiger partial charge < -0.3 is 18.3 Å². The third-order valence-electron chi connectivity index (χ3n) is 26.9. The number of nitriles is 2. The minimum absolute atomic E-state index is 0.530. The number of fused-ring (bicyclic) bond motifs is 12. The third kappa shape index (κ3) is 13.1. The summed E-state index contributed by atoms with van der Waals surface area (Å²) >= 11 is 0. The predicted octanol–water partition coefficient (Wildman–Crippen LogP) is 30.9. The number of aryl methyl sites for hydroxylation is 11. The number of hydrogen-bond donors (Lipinski definition) is 0. The minimum Gasteiger partial charge on any atom is -0.308 e.